The standard InChI is InChI=1S/C7H7N5O2/c13-7-2-1-5(4-12(7)14)3-6-8-10-11-9-6/h1-2,4,14H,3H2,(H,8,9,10,11). The minimum absolute atomic E-state index is 0.414. The first kappa shape index (κ1) is 8.42. The number of hydrogen-bond acceptors (Lipinski definition) is 5. The lowest BCUT2D eigenvalue weighted by Crippen LogP contribution is -2.16. The molecule has 0 unspecified atom stereocenters. The summed E-state index contributed by atoms with van der Waals surface area (Å²) in [6.07, 6.45) is 1.73. The number of aromatic amines is 1. The second-order valence-electron chi connectivity index (χ2n) is 2.72. The molecule has 0 atom stereocenters. The molecular formula is C7H7N5O2. The van der Waals surface area contributed by atoms with Crippen molar-refractivity contribution in [1.29, 1.82) is 0 Å². The van der Waals surface area contributed by atoms with Gasteiger partial charge in [0.2, 0.25) is 0 Å². The summed E-state index contributed by atoms with van der Waals surface area (Å²) in [6, 6.07) is 2.88. The van der Waals surface area contributed by atoms with Crippen LogP contribution in [-0.4, -0.2) is 30.6 Å². The molecule has 0 aliphatic rings. The molecule has 0 aromatic carbocycles. The van der Waals surface area contributed by atoms with Gasteiger partial charge in [-0.2, -0.15) is 9.94 Å². The molecule has 0 saturated heterocycles. The molecule has 7 nitrogen and oxygen atoms in total. The van der Waals surface area contributed by atoms with Gasteiger partial charge in [-0.3, -0.25) is 4.79 Å². The Morgan fingerprint density at radius 1 is 1.50 bits per heavy atom. The zero-order valence-electron chi connectivity index (χ0n) is 7.08. The van der Waals surface area contributed by atoms with E-state index in [-0.39, 0.29) is 0 Å². The Hall–Kier alpha value is -2.18. The summed E-state index contributed by atoms with van der Waals surface area (Å²) in [5.41, 5.74) is 0.260. The van der Waals surface area contributed by atoms with Gasteiger partial charge in [0, 0.05) is 12.5 Å². The predicted molar refractivity (Wildman–Crippen MR) is 44.9 cm³/mol. The fraction of sp³-hybridized carbons (Fsp3) is 0.143. The van der Waals surface area contributed by atoms with E-state index in [0.717, 1.165) is 5.56 Å². The van der Waals surface area contributed by atoms with E-state index in [2.05, 4.69) is 20.6 Å². The Morgan fingerprint density at radius 2 is 2.36 bits per heavy atom. The molecular weight excluding hydrogens is 186 g/mol. The summed E-state index contributed by atoms with van der Waals surface area (Å²) in [5.74, 6) is 0.503. The van der Waals surface area contributed by atoms with E-state index in [0.29, 0.717) is 17.0 Å². The first-order valence-electron chi connectivity index (χ1n) is 3.89. The van der Waals surface area contributed by atoms with Crippen LogP contribution >= 0.6 is 0 Å². The summed E-state index contributed by atoms with van der Waals surface area (Å²) in [4.78, 5) is 10.8. The Kier molecular flexibility index (Phi) is 1.98. The lowest BCUT2D eigenvalue weighted by atomic mass is 10.2. The smallest absolute Gasteiger partial charge is 0.282 e. The highest BCUT2D eigenvalue weighted by molar-refractivity contribution is 5.13. The van der Waals surface area contributed by atoms with Crippen LogP contribution < -0.4 is 5.56 Å². The second kappa shape index (κ2) is 3.29. The maximum Gasteiger partial charge on any atom is 0.282 e. The quantitative estimate of drug-likeness (QED) is 0.608. The van der Waals surface area contributed by atoms with Gasteiger partial charge in [0.25, 0.3) is 5.56 Å². The molecule has 2 aromatic heterocycles. The molecule has 0 spiro atoms. The average Bonchev–Trinajstić information content (AvgIpc) is 2.64. The fourth-order valence-corrected chi connectivity index (χ4v) is 1.06. The minimum Gasteiger partial charge on any atom is -0.425 e. The number of hydrogen-bond donors (Lipinski definition) is 2. The van der Waals surface area contributed by atoms with Crippen LogP contribution in [0.2, 0.25) is 0 Å². The molecule has 0 aliphatic heterocycles. The third kappa shape index (κ3) is 1.60. The van der Waals surface area contributed by atoms with E-state index in [1.807, 2.05) is 0 Å². The van der Waals surface area contributed by atoms with Crippen molar-refractivity contribution in [3.05, 3.63) is 40.1 Å². The molecule has 0 aliphatic carbocycles. The molecule has 14 heavy (non-hydrogen) atoms. The molecule has 72 valence electrons. The van der Waals surface area contributed by atoms with Crippen molar-refractivity contribution < 1.29 is 5.21 Å². The SMILES string of the molecule is O=c1ccc(Cc2nn[nH]n2)cn1O. The molecule has 2 heterocycles. The third-order valence-electron chi connectivity index (χ3n) is 1.71. The van der Waals surface area contributed by atoms with Crippen molar-refractivity contribution in [1.82, 2.24) is 25.4 Å². The zero-order valence-corrected chi connectivity index (χ0v) is 7.08. The van der Waals surface area contributed by atoms with E-state index < -0.39 is 5.56 Å². The van der Waals surface area contributed by atoms with Crippen LogP contribution in [0.25, 0.3) is 0 Å². The fourth-order valence-electron chi connectivity index (χ4n) is 1.06. The van der Waals surface area contributed by atoms with Crippen LogP contribution in [0.5, 0.6) is 0 Å². The number of pyridine rings is 1. The van der Waals surface area contributed by atoms with Crippen LogP contribution in [0.4, 0.5) is 0 Å². The summed E-state index contributed by atoms with van der Waals surface area (Å²) in [6.45, 7) is 0. The van der Waals surface area contributed by atoms with E-state index in [1.165, 1.54) is 12.3 Å². The maximum atomic E-state index is 10.8. The number of aromatic nitrogens is 5. The van der Waals surface area contributed by atoms with Crippen molar-refractivity contribution in [3.8, 4) is 0 Å². The number of H-pyrrole nitrogens is 1. The number of rotatable bonds is 2. The van der Waals surface area contributed by atoms with Gasteiger partial charge in [-0.05, 0) is 5.56 Å². The van der Waals surface area contributed by atoms with E-state index in [9.17, 15) is 4.79 Å². The summed E-state index contributed by atoms with van der Waals surface area (Å²) in [5, 5.41) is 22.3. The zero-order chi connectivity index (χ0) is 9.97. The number of tetrazole rings is 1. The van der Waals surface area contributed by atoms with Crippen LogP contribution in [0.15, 0.2) is 23.1 Å². The lowest BCUT2D eigenvalue weighted by Gasteiger charge is -1.98. The van der Waals surface area contributed by atoms with Gasteiger partial charge in [-0.25, -0.2) is 0 Å². The number of nitrogens with zero attached hydrogens (tertiary/aromatic N) is 4. The van der Waals surface area contributed by atoms with Crippen LogP contribution in [0.3, 0.4) is 0 Å². The van der Waals surface area contributed by atoms with Crippen molar-refractivity contribution in [2.24, 2.45) is 0 Å². The highest BCUT2D eigenvalue weighted by Gasteiger charge is 2.02. The van der Waals surface area contributed by atoms with Gasteiger partial charge in [0.05, 0.1) is 6.20 Å². The normalized spacial score (nSPS) is 10.3. The van der Waals surface area contributed by atoms with Gasteiger partial charge in [-0.15, -0.1) is 10.2 Å². The van der Waals surface area contributed by atoms with Gasteiger partial charge in [0.1, 0.15) is 0 Å². The topological polar surface area (TPSA) is 96.7 Å². The molecule has 0 radical (unpaired) electrons. The molecule has 2 aromatic rings. The van der Waals surface area contributed by atoms with Crippen LogP contribution in [0, 0.1) is 0 Å². The largest absolute Gasteiger partial charge is 0.425 e. The van der Waals surface area contributed by atoms with Crippen molar-refractivity contribution in [2.75, 3.05) is 0 Å². The summed E-state index contributed by atoms with van der Waals surface area (Å²) >= 11 is 0. The molecule has 0 fully saturated rings. The lowest BCUT2D eigenvalue weighted by molar-refractivity contribution is 0.174. The Bertz CT molecular complexity index is 475. The van der Waals surface area contributed by atoms with Gasteiger partial charge >= 0.3 is 0 Å². The number of nitrogens with one attached hydrogen (secondary N) is 1. The van der Waals surface area contributed by atoms with Crippen LogP contribution in [0.1, 0.15) is 11.4 Å². The average molecular weight is 193 g/mol. The highest BCUT2D eigenvalue weighted by atomic mass is 16.5. The first-order valence-corrected chi connectivity index (χ1v) is 3.89. The minimum atomic E-state index is -0.470. The molecule has 0 saturated carbocycles. The summed E-state index contributed by atoms with van der Waals surface area (Å²) < 4.78 is 0.523. The molecule has 7 heteroatoms. The molecule has 0 bridgehead atoms. The maximum absolute atomic E-state index is 10.8. The van der Waals surface area contributed by atoms with Gasteiger partial charge in [0.15, 0.2) is 5.82 Å². The van der Waals surface area contributed by atoms with Crippen LogP contribution in [-0.2, 0) is 6.42 Å². The Morgan fingerprint density at radius 3 is 3.00 bits per heavy atom. The van der Waals surface area contributed by atoms with E-state index in [1.54, 1.807) is 6.07 Å². The van der Waals surface area contributed by atoms with E-state index in [4.69, 9.17) is 5.21 Å². The molecule has 2 N–H and O–H groups in total. The highest BCUT2D eigenvalue weighted by Crippen LogP contribution is 2.00. The van der Waals surface area contributed by atoms with Crippen molar-refractivity contribution in [2.45, 2.75) is 6.42 Å². The Labute approximate surface area is 78.0 Å². The first-order chi connectivity index (χ1) is 6.75. The second-order valence-corrected chi connectivity index (χ2v) is 2.72. The summed E-state index contributed by atoms with van der Waals surface area (Å²) in [7, 11) is 0. The van der Waals surface area contributed by atoms with Gasteiger partial charge in [-0.1, -0.05) is 11.3 Å². The Balaban J connectivity index is 2.26. The van der Waals surface area contributed by atoms with Crippen molar-refractivity contribution in [3.63, 3.8) is 0 Å². The monoisotopic (exact) mass is 193 g/mol. The molecule has 2 rings (SSSR count). The van der Waals surface area contributed by atoms with Crippen molar-refractivity contribution >= 4 is 0 Å². The predicted octanol–water partition coefficient (Wildman–Crippen LogP) is -0.811. The third-order valence-corrected chi connectivity index (χ3v) is 1.71. The van der Waals surface area contributed by atoms with E-state index >= 15 is 0 Å². The molecule has 0 amide bonds. The van der Waals surface area contributed by atoms with Gasteiger partial charge < -0.3 is 5.21 Å².